The number of nitrogens with zero attached hydrogens (tertiary/aromatic N) is 3. The van der Waals surface area contributed by atoms with Crippen LogP contribution < -0.4 is 4.74 Å². The van der Waals surface area contributed by atoms with E-state index in [9.17, 15) is 5.11 Å². The molecule has 0 saturated heterocycles. The van der Waals surface area contributed by atoms with Gasteiger partial charge in [-0.1, -0.05) is 18.2 Å². The van der Waals surface area contributed by atoms with Crippen LogP contribution in [-0.4, -0.2) is 16.8 Å². The lowest BCUT2D eigenvalue weighted by Crippen LogP contribution is -1.84. The zero-order valence-electron chi connectivity index (χ0n) is 11.8. The molecule has 0 aliphatic carbocycles. The maximum Gasteiger partial charge on any atom is 0.220 e. The lowest BCUT2D eigenvalue weighted by Gasteiger charge is -1.98. The number of aromatic nitrogens is 1. The third-order valence-corrected chi connectivity index (χ3v) is 3.39. The summed E-state index contributed by atoms with van der Waals surface area (Å²) >= 11 is 0. The van der Waals surface area contributed by atoms with Crippen LogP contribution in [-0.2, 0) is 7.05 Å². The summed E-state index contributed by atoms with van der Waals surface area (Å²) in [6, 6.07) is 14.9. The fourth-order valence-electron chi connectivity index (χ4n) is 2.21. The van der Waals surface area contributed by atoms with Gasteiger partial charge in [0.25, 0.3) is 0 Å². The Morgan fingerprint density at radius 1 is 1.00 bits per heavy atom. The van der Waals surface area contributed by atoms with Gasteiger partial charge in [0, 0.05) is 12.4 Å². The minimum atomic E-state index is 0.105. The van der Waals surface area contributed by atoms with E-state index in [1.807, 2.05) is 48.5 Å². The SMILES string of the molecule is COc1ccc(N=Nc2c(O)n(C)c3ccccc23)cc1. The average molecular weight is 281 g/mol. The van der Waals surface area contributed by atoms with Crippen molar-refractivity contribution >= 4 is 22.3 Å². The second-order valence-corrected chi connectivity index (χ2v) is 4.65. The lowest BCUT2D eigenvalue weighted by atomic mass is 10.2. The predicted molar refractivity (Wildman–Crippen MR) is 81.8 cm³/mol. The van der Waals surface area contributed by atoms with E-state index in [2.05, 4.69) is 10.2 Å². The van der Waals surface area contributed by atoms with Gasteiger partial charge in [-0.15, -0.1) is 5.11 Å². The Labute approximate surface area is 122 Å². The first kappa shape index (κ1) is 13.2. The summed E-state index contributed by atoms with van der Waals surface area (Å²) in [5.41, 5.74) is 2.09. The molecule has 0 bridgehead atoms. The molecule has 1 aromatic heterocycles. The largest absolute Gasteiger partial charge is 0.497 e. The van der Waals surface area contributed by atoms with Crippen LogP contribution in [0.3, 0.4) is 0 Å². The summed E-state index contributed by atoms with van der Waals surface area (Å²) in [5.74, 6) is 0.871. The molecule has 21 heavy (non-hydrogen) atoms. The van der Waals surface area contributed by atoms with E-state index in [0.29, 0.717) is 11.4 Å². The highest BCUT2D eigenvalue weighted by molar-refractivity contribution is 5.94. The Hall–Kier alpha value is -2.82. The topological polar surface area (TPSA) is 59.1 Å². The van der Waals surface area contributed by atoms with Crippen molar-refractivity contribution < 1.29 is 9.84 Å². The van der Waals surface area contributed by atoms with Crippen LogP contribution in [0.15, 0.2) is 58.8 Å². The molecule has 2 aromatic carbocycles. The number of azo groups is 1. The first-order valence-corrected chi connectivity index (χ1v) is 6.53. The van der Waals surface area contributed by atoms with Gasteiger partial charge < -0.3 is 14.4 Å². The van der Waals surface area contributed by atoms with Crippen molar-refractivity contribution in [2.45, 2.75) is 0 Å². The van der Waals surface area contributed by atoms with Crippen molar-refractivity contribution in [3.05, 3.63) is 48.5 Å². The fourth-order valence-corrected chi connectivity index (χ4v) is 2.21. The van der Waals surface area contributed by atoms with Gasteiger partial charge in [-0.25, -0.2) is 0 Å². The second kappa shape index (κ2) is 5.28. The summed E-state index contributed by atoms with van der Waals surface area (Å²) in [4.78, 5) is 0. The van der Waals surface area contributed by atoms with Crippen LogP contribution in [0, 0.1) is 0 Å². The molecule has 0 aliphatic heterocycles. The molecule has 0 spiro atoms. The molecule has 5 heteroatoms. The molecule has 0 aliphatic rings. The van der Waals surface area contributed by atoms with Crippen molar-refractivity contribution in [2.75, 3.05) is 7.11 Å². The molecule has 3 aromatic rings. The number of aryl methyl sites for hydroxylation is 1. The quantitative estimate of drug-likeness (QED) is 0.727. The minimum Gasteiger partial charge on any atom is -0.497 e. The number of rotatable bonds is 3. The van der Waals surface area contributed by atoms with E-state index in [0.717, 1.165) is 16.7 Å². The molecule has 0 saturated carbocycles. The zero-order valence-corrected chi connectivity index (χ0v) is 11.8. The predicted octanol–water partition coefficient (Wildman–Crippen LogP) is 4.31. The maximum atomic E-state index is 10.2. The standard InChI is InChI=1S/C16H15N3O2/c1-19-14-6-4-3-5-13(14)15(16(19)20)18-17-11-7-9-12(21-2)10-8-11/h3-10,20H,1-2H3. The van der Waals surface area contributed by atoms with Gasteiger partial charge in [-0.05, 0) is 30.3 Å². The number of benzene rings is 2. The first-order valence-electron chi connectivity index (χ1n) is 6.53. The lowest BCUT2D eigenvalue weighted by molar-refractivity contribution is 0.415. The Bertz CT molecular complexity index is 804. The van der Waals surface area contributed by atoms with Gasteiger partial charge in [0.1, 0.15) is 5.75 Å². The number of fused-ring (bicyclic) bond motifs is 1. The van der Waals surface area contributed by atoms with Crippen molar-refractivity contribution in [3.8, 4) is 11.6 Å². The van der Waals surface area contributed by atoms with Gasteiger partial charge in [-0.2, -0.15) is 5.11 Å². The number of para-hydroxylation sites is 1. The van der Waals surface area contributed by atoms with Gasteiger partial charge in [0.05, 0.1) is 18.3 Å². The molecule has 5 nitrogen and oxygen atoms in total. The first-order chi connectivity index (χ1) is 10.2. The highest BCUT2D eigenvalue weighted by Gasteiger charge is 2.13. The van der Waals surface area contributed by atoms with Gasteiger partial charge in [0.15, 0.2) is 5.69 Å². The highest BCUT2D eigenvalue weighted by Crippen LogP contribution is 2.38. The van der Waals surface area contributed by atoms with E-state index in [4.69, 9.17) is 4.74 Å². The number of methoxy groups -OCH3 is 1. The van der Waals surface area contributed by atoms with E-state index in [1.165, 1.54) is 0 Å². The Morgan fingerprint density at radius 2 is 1.71 bits per heavy atom. The fraction of sp³-hybridized carbons (Fsp3) is 0.125. The van der Waals surface area contributed by atoms with Gasteiger partial charge in [-0.3, -0.25) is 0 Å². The molecule has 106 valence electrons. The Balaban J connectivity index is 2.01. The second-order valence-electron chi connectivity index (χ2n) is 4.65. The average Bonchev–Trinajstić information content (AvgIpc) is 2.78. The third kappa shape index (κ3) is 2.33. The number of hydrogen-bond donors (Lipinski definition) is 1. The summed E-state index contributed by atoms with van der Waals surface area (Å²) < 4.78 is 6.79. The van der Waals surface area contributed by atoms with Crippen LogP contribution >= 0.6 is 0 Å². The van der Waals surface area contributed by atoms with Crippen LogP contribution in [0.1, 0.15) is 0 Å². The number of ether oxygens (including phenoxy) is 1. The molecule has 0 amide bonds. The summed E-state index contributed by atoms with van der Waals surface area (Å²) in [7, 11) is 3.41. The number of hydrogen-bond acceptors (Lipinski definition) is 4. The van der Waals surface area contributed by atoms with Gasteiger partial charge >= 0.3 is 0 Å². The van der Waals surface area contributed by atoms with E-state index < -0.39 is 0 Å². The summed E-state index contributed by atoms with van der Waals surface area (Å²) in [5, 5.41) is 19.4. The van der Waals surface area contributed by atoms with Crippen LogP contribution in [0.5, 0.6) is 11.6 Å². The summed E-state index contributed by atoms with van der Waals surface area (Å²) in [6.45, 7) is 0. The Morgan fingerprint density at radius 3 is 2.43 bits per heavy atom. The number of aromatic hydroxyl groups is 1. The van der Waals surface area contributed by atoms with E-state index >= 15 is 0 Å². The van der Waals surface area contributed by atoms with Crippen molar-refractivity contribution in [1.82, 2.24) is 4.57 Å². The molecule has 1 heterocycles. The monoisotopic (exact) mass is 281 g/mol. The zero-order chi connectivity index (χ0) is 14.8. The molecular weight excluding hydrogens is 266 g/mol. The Kier molecular flexibility index (Phi) is 3.31. The van der Waals surface area contributed by atoms with Crippen LogP contribution in [0.25, 0.3) is 10.9 Å². The molecule has 1 N–H and O–H groups in total. The molecule has 3 rings (SSSR count). The van der Waals surface area contributed by atoms with Gasteiger partial charge in [0.2, 0.25) is 5.88 Å². The van der Waals surface area contributed by atoms with Crippen molar-refractivity contribution in [2.24, 2.45) is 17.3 Å². The molecule has 0 fully saturated rings. The molecular formula is C16H15N3O2. The molecule has 0 unspecified atom stereocenters. The van der Waals surface area contributed by atoms with E-state index in [-0.39, 0.29) is 5.88 Å². The molecule has 0 radical (unpaired) electrons. The van der Waals surface area contributed by atoms with Crippen molar-refractivity contribution in [1.29, 1.82) is 0 Å². The highest BCUT2D eigenvalue weighted by atomic mass is 16.5. The molecule has 0 atom stereocenters. The maximum absolute atomic E-state index is 10.2. The van der Waals surface area contributed by atoms with Crippen LogP contribution in [0.4, 0.5) is 11.4 Å². The summed E-state index contributed by atoms with van der Waals surface area (Å²) in [6.07, 6.45) is 0. The third-order valence-electron chi connectivity index (χ3n) is 3.39. The van der Waals surface area contributed by atoms with Crippen molar-refractivity contribution in [3.63, 3.8) is 0 Å². The van der Waals surface area contributed by atoms with E-state index in [1.54, 1.807) is 18.7 Å². The van der Waals surface area contributed by atoms with Crippen LogP contribution in [0.2, 0.25) is 0 Å². The smallest absolute Gasteiger partial charge is 0.220 e. The normalized spacial score (nSPS) is 11.3. The minimum absolute atomic E-state index is 0.105.